The minimum atomic E-state index is -0.547. The van der Waals surface area contributed by atoms with Gasteiger partial charge in [0.05, 0.1) is 6.61 Å². The number of aliphatic hydroxyl groups excluding tert-OH is 1. The van der Waals surface area contributed by atoms with Gasteiger partial charge in [-0.05, 0) is 24.3 Å². The maximum absolute atomic E-state index is 12.0. The first-order valence-electron chi connectivity index (χ1n) is 7.58. The van der Waals surface area contributed by atoms with Gasteiger partial charge in [0.15, 0.2) is 0 Å². The highest BCUT2D eigenvalue weighted by molar-refractivity contribution is 5.97. The van der Waals surface area contributed by atoms with Crippen LogP contribution in [0.2, 0.25) is 0 Å². The Labute approximate surface area is 140 Å². The number of amides is 2. The van der Waals surface area contributed by atoms with E-state index in [1.807, 2.05) is 4.90 Å². The third-order valence-corrected chi connectivity index (χ3v) is 3.27. The van der Waals surface area contributed by atoms with Crippen LogP contribution in [0.15, 0.2) is 24.3 Å². The van der Waals surface area contributed by atoms with Crippen LogP contribution < -0.4 is 11.1 Å². The highest BCUT2D eigenvalue weighted by atomic mass is 16.5. The maximum Gasteiger partial charge on any atom is 0.302 e. The Morgan fingerprint density at radius 3 is 2.29 bits per heavy atom. The molecule has 4 N–H and O–H groups in total. The standard InChI is InChI=1S/C16H23N3O5/c1-12(21)24-11-9-19(8-10-20)7-6-18-16(23)14-4-2-13(3-5-14)15(17)22/h2-5,20H,6-11H2,1H3,(H2,17,22)(H,18,23). The summed E-state index contributed by atoms with van der Waals surface area (Å²) >= 11 is 0. The number of benzene rings is 1. The van der Waals surface area contributed by atoms with Gasteiger partial charge in [-0.25, -0.2) is 0 Å². The average Bonchev–Trinajstić information content (AvgIpc) is 2.54. The summed E-state index contributed by atoms with van der Waals surface area (Å²) in [4.78, 5) is 35.6. The van der Waals surface area contributed by atoms with Crippen molar-refractivity contribution in [2.75, 3.05) is 39.4 Å². The average molecular weight is 337 g/mol. The van der Waals surface area contributed by atoms with Crippen molar-refractivity contribution in [1.82, 2.24) is 10.2 Å². The lowest BCUT2D eigenvalue weighted by Crippen LogP contribution is -2.38. The van der Waals surface area contributed by atoms with Crippen molar-refractivity contribution >= 4 is 17.8 Å². The van der Waals surface area contributed by atoms with Crippen LogP contribution in [0.25, 0.3) is 0 Å². The third kappa shape index (κ3) is 7.21. The summed E-state index contributed by atoms with van der Waals surface area (Å²) in [6.45, 7) is 3.32. The van der Waals surface area contributed by atoms with E-state index in [9.17, 15) is 14.4 Å². The second-order valence-corrected chi connectivity index (χ2v) is 5.10. The fraction of sp³-hybridized carbons (Fsp3) is 0.438. The van der Waals surface area contributed by atoms with Crippen LogP contribution in [0.5, 0.6) is 0 Å². The fourth-order valence-corrected chi connectivity index (χ4v) is 2.01. The number of nitrogens with one attached hydrogen (secondary N) is 1. The van der Waals surface area contributed by atoms with Crippen molar-refractivity contribution in [1.29, 1.82) is 0 Å². The summed E-state index contributed by atoms with van der Waals surface area (Å²) in [6.07, 6.45) is 0. The molecule has 0 atom stereocenters. The van der Waals surface area contributed by atoms with Gasteiger partial charge in [0.1, 0.15) is 6.61 Å². The molecule has 1 rings (SSSR count). The number of esters is 1. The van der Waals surface area contributed by atoms with Crippen LogP contribution in [-0.4, -0.2) is 67.2 Å². The van der Waals surface area contributed by atoms with E-state index in [1.165, 1.54) is 31.2 Å². The Bertz CT molecular complexity index is 559. The van der Waals surface area contributed by atoms with Gasteiger partial charge in [0, 0.05) is 44.2 Å². The molecule has 0 spiro atoms. The molecule has 0 bridgehead atoms. The number of hydrogen-bond acceptors (Lipinski definition) is 6. The van der Waals surface area contributed by atoms with Crippen molar-refractivity contribution in [3.63, 3.8) is 0 Å². The minimum absolute atomic E-state index is 0.0252. The zero-order valence-electron chi connectivity index (χ0n) is 13.7. The molecule has 132 valence electrons. The molecule has 0 aliphatic carbocycles. The largest absolute Gasteiger partial charge is 0.465 e. The van der Waals surface area contributed by atoms with E-state index in [1.54, 1.807) is 0 Å². The van der Waals surface area contributed by atoms with Gasteiger partial charge in [-0.1, -0.05) is 0 Å². The molecule has 0 radical (unpaired) electrons. The topological polar surface area (TPSA) is 122 Å². The van der Waals surface area contributed by atoms with Gasteiger partial charge in [0.2, 0.25) is 5.91 Å². The maximum atomic E-state index is 12.0. The number of aliphatic hydroxyl groups is 1. The Balaban J connectivity index is 2.40. The number of nitrogens with zero attached hydrogens (tertiary/aromatic N) is 1. The van der Waals surface area contributed by atoms with E-state index >= 15 is 0 Å². The van der Waals surface area contributed by atoms with E-state index in [4.69, 9.17) is 15.6 Å². The van der Waals surface area contributed by atoms with Crippen molar-refractivity contribution < 1.29 is 24.2 Å². The van der Waals surface area contributed by atoms with E-state index in [-0.39, 0.29) is 25.1 Å². The number of ether oxygens (including phenoxy) is 1. The summed E-state index contributed by atoms with van der Waals surface area (Å²) in [5.74, 6) is -1.17. The normalized spacial score (nSPS) is 10.5. The SMILES string of the molecule is CC(=O)OCCN(CCO)CCNC(=O)c1ccc(C(N)=O)cc1. The Kier molecular flexibility index (Phi) is 8.45. The molecule has 0 saturated heterocycles. The predicted molar refractivity (Wildman–Crippen MR) is 87.5 cm³/mol. The number of carbonyl (C=O) groups excluding carboxylic acids is 3. The molecule has 0 aliphatic heterocycles. The van der Waals surface area contributed by atoms with Gasteiger partial charge in [-0.15, -0.1) is 0 Å². The summed E-state index contributed by atoms with van der Waals surface area (Å²) in [5.41, 5.74) is 5.91. The Morgan fingerprint density at radius 1 is 1.12 bits per heavy atom. The molecule has 1 aromatic carbocycles. The number of nitrogens with two attached hydrogens (primary N) is 1. The lowest BCUT2D eigenvalue weighted by Gasteiger charge is -2.21. The molecule has 0 aliphatic rings. The molecule has 0 saturated carbocycles. The molecular weight excluding hydrogens is 314 g/mol. The Morgan fingerprint density at radius 2 is 1.75 bits per heavy atom. The van der Waals surface area contributed by atoms with Crippen LogP contribution >= 0.6 is 0 Å². The highest BCUT2D eigenvalue weighted by Crippen LogP contribution is 2.03. The zero-order valence-corrected chi connectivity index (χ0v) is 13.7. The molecule has 8 heteroatoms. The molecule has 0 heterocycles. The van der Waals surface area contributed by atoms with Crippen molar-refractivity contribution in [2.24, 2.45) is 5.73 Å². The number of rotatable bonds is 10. The lowest BCUT2D eigenvalue weighted by molar-refractivity contribution is -0.141. The highest BCUT2D eigenvalue weighted by Gasteiger charge is 2.09. The second kappa shape index (κ2) is 10.3. The number of carbonyl (C=O) groups is 3. The molecule has 0 unspecified atom stereocenters. The van der Waals surface area contributed by atoms with Crippen LogP contribution in [0, 0.1) is 0 Å². The van der Waals surface area contributed by atoms with Crippen molar-refractivity contribution in [3.05, 3.63) is 35.4 Å². The molecule has 8 nitrogen and oxygen atoms in total. The van der Waals surface area contributed by atoms with E-state index in [2.05, 4.69) is 5.32 Å². The van der Waals surface area contributed by atoms with Crippen LogP contribution in [0.1, 0.15) is 27.6 Å². The first kappa shape index (κ1) is 19.6. The lowest BCUT2D eigenvalue weighted by atomic mass is 10.1. The van der Waals surface area contributed by atoms with E-state index < -0.39 is 5.91 Å². The first-order valence-corrected chi connectivity index (χ1v) is 7.58. The van der Waals surface area contributed by atoms with Gasteiger partial charge in [-0.3, -0.25) is 19.3 Å². The smallest absolute Gasteiger partial charge is 0.302 e. The van der Waals surface area contributed by atoms with Crippen molar-refractivity contribution in [3.8, 4) is 0 Å². The summed E-state index contributed by atoms with van der Waals surface area (Å²) in [5, 5.41) is 11.8. The molecule has 2 amide bonds. The molecule has 24 heavy (non-hydrogen) atoms. The number of primary amides is 1. The fourth-order valence-electron chi connectivity index (χ4n) is 2.01. The molecule has 0 fully saturated rings. The number of hydrogen-bond donors (Lipinski definition) is 3. The second-order valence-electron chi connectivity index (χ2n) is 5.10. The van der Waals surface area contributed by atoms with E-state index in [0.717, 1.165) is 0 Å². The van der Waals surface area contributed by atoms with Crippen LogP contribution in [-0.2, 0) is 9.53 Å². The van der Waals surface area contributed by atoms with E-state index in [0.29, 0.717) is 37.3 Å². The minimum Gasteiger partial charge on any atom is -0.465 e. The molecule has 0 aromatic heterocycles. The summed E-state index contributed by atoms with van der Waals surface area (Å²) < 4.78 is 4.86. The van der Waals surface area contributed by atoms with Crippen molar-refractivity contribution in [2.45, 2.75) is 6.92 Å². The summed E-state index contributed by atoms with van der Waals surface area (Å²) in [6, 6.07) is 6.05. The Hall–Kier alpha value is -2.45. The quantitative estimate of drug-likeness (QED) is 0.489. The predicted octanol–water partition coefficient (Wildman–Crippen LogP) is -0.627. The van der Waals surface area contributed by atoms with Crippen LogP contribution in [0.4, 0.5) is 0 Å². The van der Waals surface area contributed by atoms with Gasteiger partial charge >= 0.3 is 5.97 Å². The zero-order chi connectivity index (χ0) is 17.9. The first-order chi connectivity index (χ1) is 11.4. The molecule has 1 aromatic rings. The monoisotopic (exact) mass is 337 g/mol. The van der Waals surface area contributed by atoms with Crippen LogP contribution in [0.3, 0.4) is 0 Å². The van der Waals surface area contributed by atoms with Gasteiger partial charge < -0.3 is 20.9 Å². The van der Waals surface area contributed by atoms with Gasteiger partial charge in [0.25, 0.3) is 5.91 Å². The third-order valence-electron chi connectivity index (χ3n) is 3.27. The van der Waals surface area contributed by atoms with Gasteiger partial charge in [-0.2, -0.15) is 0 Å². The molecular formula is C16H23N3O5. The summed E-state index contributed by atoms with van der Waals surface area (Å²) in [7, 11) is 0.